The fourth-order valence-corrected chi connectivity index (χ4v) is 2.25. The lowest BCUT2D eigenvalue weighted by atomic mass is 10.0. The molecule has 102 valence electrons. The van der Waals surface area contributed by atoms with Gasteiger partial charge in [0.2, 0.25) is 0 Å². The largest absolute Gasteiger partial charge is 0.497 e. The zero-order chi connectivity index (χ0) is 13.8. The highest BCUT2D eigenvalue weighted by molar-refractivity contribution is 5.27. The second-order valence-electron chi connectivity index (χ2n) is 4.84. The summed E-state index contributed by atoms with van der Waals surface area (Å²) in [6, 6.07) is 8.17. The summed E-state index contributed by atoms with van der Waals surface area (Å²) in [5.41, 5.74) is 9.66. The number of hydrogen-bond donors (Lipinski definition) is 1. The number of ether oxygens (including phenoxy) is 1. The standard InChI is InChI=1S/C15H21N3O/c1-11-14(10-18(2)17-11)15(16)9-6-12-4-7-13(19-3)8-5-12/h4-5,7-8,10,15H,6,9,16H2,1-3H3. The molecule has 1 aromatic carbocycles. The van der Waals surface area contributed by atoms with E-state index in [1.807, 2.05) is 37.0 Å². The van der Waals surface area contributed by atoms with Crippen molar-refractivity contribution in [2.45, 2.75) is 25.8 Å². The third-order valence-corrected chi connectivity index (χ3v) is 3.35. The minimum Gasteiger partial charge on any atom is -0.497 e. The van der Waals surface area contributed by atoms with Crippen molar-refractivity contribution in [3.8, 4) is 5.75 Å². The molecule has 0 aliphatic carbocycles. The minimum absolute atomic E-state index is 0.0378. The Balaban J connectivity index is 1.96. The lowest BCUT2D eigenvalue weighted by molar-refractivity contribution is 0.414. The van der Waals surface area contributed by atoms with E-state index in [4.69, 9.17) is 10.5 Å². The number of hydrogen-bond acceptors (Lipinski definition) is 3. The number of nitrogens with two attached hydrogens (primary N) is 1. The van der Waals surface area contributed by atoms with E-state index >= 15 is 0 Å². The van der Waals surface area contributed by atoms with Gasteiger partial charge in [0.05, 0.1) is 12.8 Å². The molecule has 2 aromatic rings. The zero-order valence-corrected chi connectivity index (χ0v) is 11.8. The Kier molecular flexibility index (Phi) is 4.22. The molecular weight excluding hydrogens is 238 g/mol. The molecule has 1 unspecified atom stereocenters. The first-order valence-electron chi connectivity index (χ1n) is 6.49. The van der Waals surface area contributed by atoms with Gasteiger partial charge in [0, 0.05) is 24.8 Å². The molecule has 0 amide bonds. The maximum Gasteiger partial charge on any atom is 0.118 e. The predicted octanol–water partition coefficient (Wildman–Crippen LogP) is 2.37. The van der Waals surface area contributed by atoms with Crippen molar-refractivity contribution in [2.75, 3.05) is 7.11 Å². The maximum absolute atomic E-state index is 6.24. The first-order chi connectivity index (χ1) is 9.10. The van der Waals surface area contributed by atoms with Gasteiger partial charge in [-0.15, -0.1) is 0 Å². The maximum atomic E-state index is 6.24. The molecule has 0 bridgehead atoms. The summed E-state index contributed by atoms with van der Waals surface area (Å²) in [5.74, 6) is 0.885. The molecule has 1 atom stereocenters. The Morgan fingerprint density at radius 3 is 2.53 bits per heavy atom. The van der Waals surface area contributed by atoms with Gasteiger partial charge in [-0.2, -0.15) is 5.10 Å². The van der Waals surface area contributed by atoms with Crippen molar-refractivity contribution in [2.24, 2.45) is 12.8 Å². The van der Waals surface area contributed by atoms with Crippen LogP contribution in [-0.4, -0.2) is 16.9 Å². The molecule has 1 aromatic heterocycles. The highest BCUT2D eigenvalue weighted by Crippen LogP contribution is 2.20. The molecule has 0 saturated heterocycles. The summed E-state index contributed by atoms with van der Waals surface area (Å²) < 4.78 is 6.96. The smallest absolute Gasteiger partial charge is 0.118 e. The van der Waals surface area contributed by atoms with Crippen LogP contribution in [0.5, 0.6) is 5.75 Å². The van der Waals surface area contributed by atoms with Crippen LogP contribution in [0.15, 0.2) is 30.5 Å². The third-order valence-electron chi connectivity index (χ3n) is 3.35. The van der Waals surface area contributed by atoms with E-state index in [9.17, 15) is 0 Å². The Bertz CT molecular complexity index is 531. The lowest BCUT2D eigenvalue weighted by Gasteiger charge is -2.11. The number of benzene rings is 1. The van der Waals surface area contributed by atoms with Crippen molar-refractivity contribution >= 4 is 0 Å². The SMILES string of the molecule is COc1ccc(CCC(N)c2cn(C)nc2C)cc1. The van der Waals surface area contributed by atoms with Crippen molar-refractivity contribution < 1.29 is 4.74 Å². The summed E-state index contributed by atoms with van der Waals surface area (Å²) in [7, 11) is 3.60. The number of methoxy groups -OCH3 is 1. The molecule has 1 heterocycles. The molecule has 0 aliphatic heterocycles. The average molecular weight is 259 g/mol. The minimum atomic E-state index is 0.0378. The molecule has 0 saturated carbocycles. The van der Waals surface area contributed by atoms with Crippen molar-refractivity contribution in [3.05, 3.63) is 47.3 Å². The van der Waals surface area contributed by atoms with E-state index in [1.54, 1.807) is 7.11 Å². The quantitative estimate of drug-likeness (QED) is 0.897. The van der Waals surface area contributed by atoms with Gasteiger partial charge < -0.3 is 10.5 Å². The predicted molar refractivity (Wildman–Crippen MR) is 76.2 cm³/mol. The second-order valence-corrected chi connectivity index (χ2v) is 4.84. The van der Waals surface area contributed by atoms with E-state index in [0.717, 1.165) is 29.8 Å². The fourth-order valence-electron chi connectivity index (χ4n) is 2.25. The fraction of sp³-hybridized carbons (Fsp3) is 0.400. The van der Waals surface area contributed by atoms with Crippen molar-refractivity contribution in [1.29, 1.82) is 0 Å². The summed E-state index contributed by atoms with van der Waals surface area (Å²) >= 11 is 0. The Morgan fingerprint density at radius 1 is 1.32 bits per heavy atom. The molecule has 2 rings (SSSR count). The summed E-state index contributed by atoms with van der Waals surface area (Å²) in [6.07, 6.45) is 3.88. The second kappa shape index (κ2) is 5.89. The summed E-state index contributed by atoms with van der Waals surface area (Å²) in [4.78, 5) is 0. The van der Waals surface area contributed by atoms with Crippen LogP contribution in [-0.2, 0) is 13.5 Å². The van der Waals surface area contributed by atoms with Gasteiger partial charge in [-0.25, -0.2) is 0 Å². The van der Waals surface area contributed by atoms with Crippen LogP contribution in [0, 0.1) is 6.92 Å². The zero-order valence-electron chi connectivity index (χ0n) is 11.8. The van der Waals surface area contributed by atoms with E-state index in [2.05, 4.69) is 17.2 Å². The molecule has 19 heavy (non-hydrogen) atoms. The molecule has 0 radical (unpaired) electrons. The lowest BCUT2D eigenvalue weighted by Crippen LogP contribution is -2.11. The van der Waals surface area contributed by atoms with E-state index in [0.29, 0.717) is 0 Å². The van der Waals surface area contributed by atoms with Gasteiger partial charge in [-0.1, -0.05) is 12.1 Å². The number of nitrogens with zero attached hydrogens (tertiary/aromatic N) is 2. The van der Waals surface area contributed by atoms with Crippen LogP contribution in [0.4, 0.5) is 0 Å². The average Bonchev–Trinajstić information content (AvgIpc) is 2.75. The van der Waals surface area contributed by atoms with Crippen molar-refractivity contribution in [1.82, 2.24) is 9.78 Å². The molecule has 2 N–H and O–H groups in total. The monoisotopic (exact) mass is 259 g/mol. The van der Waals surface area contributed by atoms with Gasteiger partial charge in [0.1, 0.15) is 5.75 Å². The molecule has 4 nitrogen and oxygen atoms in total. The Morgan fingerprint density at radius 2 is 2.00 bits per heavy atom. The van der Waals surface area contributed by atoms with Gasteiger partial charge in [0.25, 0.3) is 0 Å². The first kappa shape index (κ1) is 13.6. The third kappa shape index (κ3) is 3.35. The Hall–Kier alpha value is -1.81. The Labute approximate surface area is 114 Å². The van der Waals surface area contributed by atoms with Crippen LogP contribution in [0.25, 0.3) is 0 Å². The van der Waals surface area contributed by atoms with Crippen LogP contribution < -0.4 is 10.5 Å². The van der Waals surface area contributed by atoms with Crippen LogP contribution in [0.2, 0.25) is 0 Å². The molecule has 0 aliphatic rings. The van der Waals surface area contributed by atoms with Gasteiger partial charge in [-0.3, -0.25) is 4.68 Å². The first-order valence-corrected chi connectivity index (χ1v) is 6.49. The molecule has 0 spiro atoms. The number of aryl methyl sites for hydroxylation is 3. The van der Waals surface area contributed by atoms with Gasteiger partial charge in [0.15, 0.2) is 0 Å². The summed E-state index contributed by atoms with van der Waals surface area (Å²) in [6.45, 7) is 2.00. The number of aromatic nitrogens is 2. The van der Waals surface area contributed by atoms with E-state index < -0.39 is 0 Å². The topological polar surface area (TPSA) is 53.1 Å². The molecule has 0 fully saturated rings. The highest BCUT2D eigenvalue weighted by atomic mass is 16.5. The van der Waals surface area contributed by atoms with E-state index in [1.165, 1.54) is 5.56 Å². The normalized spacial score (nSPS) is 12.4. The van der Waals surface area contributed by atoms with E-state index in [-0.39, 0.29) is 6.04 Å². The number of rotatable bonds is 5. The molecule has 4 heteroatoms. The van der Waals surface area contributed by atoms with Gasteiger partial charge in [-0.05, 0) is 37.5 Å². The summed E-state index contributed by atoms with van der Waals surface area (Å²) in [5, 5.41) is 4.33. The van der Waals surface area contributed by atoms with Crippen LogP contribution in [0.1, 0.15) is 29.3 Å². The molecular formula is C15H21N3O. The highest BCUT2D eigenvalue weighted by Gasteiger charge is 2.12. The van der Waals surface area contributed by atoms with Gasteiger partial charge >= 0.3 is 0 Å². The van der Waals surface area contributed by atoms with Crippen LogP contribution in [0.3, 0.4) is 0 Å². The van der Waals surface area contributed by atoms with Crippen LogP contribution >= 0.6 is 0 Å². The van der Waals surface area contributed by atoms with Crippen molar-refractivity contribution in [3.63, 3.8) is 0 Å².